The number of hydrogen-bond acceptors (Lipinski definition) is 3. The zero-order valence-electron chi connectivity index (χ0n) is 9.61. The molecule has 1 heterocycles. The summed E-state index contributed by atoms with van der Waals surface area (Å²) < 4.78 is 2.07. The van der Waals surface area contributed by atoms with E-state index in [-0.39, 0.29) is 5.54 Å². The van der Waals surface area contributed by atoms with Crippen LogP contribution in [0.5, 0.6) is 0 Å². The zero-order chi connectivity index (χ0) is 10.9. The molecule has 0 atom stereocenters. The van der Waals surface area contributed by atoms with Crippen molar-refractivity contribution in [2.45, 2.75) is 51.6 Å². The molecule has 84 valence electrons. The molecule has 0 aliphatic heterocycles. The summed E-state index contributed by atoms with van der Waals surface area (Å²) in [6.45, 7) is 5.29. The first kappa shape index (κ1) is 10.6. The molecular formula is C11H20N4. The van der Waals surface area contributed by atoms with Crippen molar-refractivity contribution >= 4 is 0 Å². The smallest absolute Gasteiger partial charge is 0.152 e. The molecule has 2 N–H and O–H groups in total. The monoisotopic (exact) mass is 208 g/mol. The summed E-state index contributed by atoms with van der Waals surface area (Å²) in [5.41, 5.74) is 6.20. The van der Waals surface area contributed by atoms with Gasteiger partial charge in [-0.2, -0.15) is 0 Å². The van der Waals surface area contributed by atoms with Crippen LogP contribution in [0, 0.1) is 5.92 Å². The van der Waals surface area contributed by atoms with Crippen molar-refractivity contribution in [1.29, 1.82) is 0 Å². The van der Waals surface area contributed by atoms with Gasteiger partial charge in [0.25, 0.3) is 0 Å². The average molecular weight is 208 g/mol. The van der Waals surface area contributed by atoms with Crippen LogP contribution < -0.4 is 5.73 Å². The third kappa shape index (κ3) is 1.91. The highest BCUT2D eigenvalue weighted by atomic mass is 15.3. The standard InChI is InChI=1S/C11H20N4/c1-3-15-8-13-14-10(15)11(12)6-4-9(2)5-7-11/h8-9H,3-7,12H2,1-2H3. The largest absolute Gasteiger partial charge is 0.319 e. The van der Waals surface area contributed by atoms with Gasteiger partial charge < -0.3 is 10.3 Å². The van der Waals surface area contributed by atoms with Crippen LogP contribution in [-0.4, -0.2) is 14.8 Å². The first-order valence-electron chi connectivity index (χ1n) is 5.83. The minimum Gasteiger partial charge on any atom is -0.319 e. The predicted molar refractivity (Wildman–Crippen MR) is 59.2 cm³/mol. The Morgan fingerprint density at radius 2 is 2.20 bits per heavy atom. The second-order valence-corrected chi connectivity index (χ2v) is 4.78. The van der Waals surface area contributed by atoms with Gasteiger partial charge in [-0.3, -0.25) is 0 Å². The summed E-state index contributed by atoms with van der Waals surface area (Å²) in [6, 6.07) is 0. The normalized spacial score (nSPS) is 31.8. The third-order valence-corrected chi connectivity index (χ3v) is 3.57. The molecule has 4 heteroatoms. The number of nitrogens with two attached hydrogens (primary N) is 1. The third-order valence-electron chi connectivity index (χ3n) is 3.57. The van der Waals surface area contributed by atoms with E-state index < -0.39 is 0 Å². The summed E-state index contributed by atoms with van der Waals surface area (Å²) in [5, 5.41) is 8.16. The van der Waals surface area contributed by atoms with Gasteiger partial charge >= 0.3 is 0 Å². The lowest BCUT2D eigenvalue weighted by Crippen LogP contribution is -2.42. The van der Waals surface area contributed by atoms with Crippen molar-refractivity contribution in [3.63, 3.8) is 0 Å². The Labute approximate surface area is 90.9 Å². The van der Waals surface area contributed by atoms with Crippen molar-refractivity contribution in [3.8, 4) is 0 Å². The van der Waals surface area contributed by atoms with Crippen LogP contribution in [0.4, 0.5) is 0 Å². The van der Waals surface area contributed by atoms with E-state index in [0.717, 1.165) is 31.1 Å². The van der Waals surface area contributed by atoms with Crippen LogP contribution in [0.25, 0.3) is 0 Å². The molecule has 0 amide bonds. The zero-order valence-corrected chi connectivity index (χ0v) is 9.61. The van der Waals surface area contributed by atoms with Crippen molar-refractivity contribution in [2.75, 3.05) is 0 Å². The highest BCUT2D eigenvalue weighted by Crippen LogP contribution is 2.36. The molecule has 0 saturated heterocycles. The van der Waals surface area contributed by atoms with Gasteiger partial charge in [-0.25, -0.2) is 0 Å². The van der Waals surface area contributed by atoms with E-state index in [4.69, 9.17) is 5.73 Å². The molecule has 1 saturated carbocycles. The molecule has 0 aromatic carbocycles. The SMILES string of the molecule is CCn1cnnc1C1(N)CCC(C)CC1. The minimum atomic E-state index is -0.237. The van der Waals surface area contributed by atoms with Crippen molar-refractivity contribution < 1.29 is 0 Å². The molecule has 15 heavy (non-hydrogen) atoms. The van der Waals surface area contributed by atoms with Crippen molar-refractivity contribution in [3.05, 3.63) is 12.2 Å². The van der Waals surface area contributed by atoms with Crippen LogP contribution in [0.1, 0.15) is 45.4 Å². The fourth-order valence-corrected chi connectivity index (χ4v) is 2.37. The van der Waals surface area contributed by atoms with Gasteiger partial charge in [0, 0.05) is 6.54 Å². The van der Waals surface area contributed by atoms with Crippen molar-refractivity contribution in [2.24, 2.45) is 11.7 Å². The molecule has 0 bridgehead atoms. The van der Waals surface area contributed by atoms with E-state index in [1.165, 1.54) is 12.8 Å². The molecule has 1 aromatic rings. The van der Waals surface area contributed by atoms with Crippen molar-refractivity contribution in [1.82, 2.24) is 14.8 Å². The first-order chi connectivity index (χ1) is 7.15. The summed E-state index contributed by atoms with van der Waals surface area (Å²) in [6.07, 6.45) is 6.25. The molecule has 0 radical (unpaired) electrons. The van der Waals surface area contributed by atoms with Gasteiger partial charge in [0.05, 0.1) is 5.54 Å². The van der Waals surface area contributed by atoms with E-state index in [1.54, 1.807) is 6.33 Å². The molecule has 0 spiro atoms. The van der Waals surface area contributed by atoms with Crippen LogP contribution in [0.3, 0.4) is 0 Å². The lowest BCUT2D eigenvalue weighted by atomic mass is 9.77. The molecule has 1 aliphatic carbocycles. The minimum absolute atomic E-state index is 0.237. The summed E-state index contributed by atoms with van der Waals surface area (Å²) in [5.74, 6) is 1.77. The highest BCUT2D eigenvalue weighted by molar-refractivity contribution is 5.06. The van der Waals surface area contributed by atoms with Crippen LogP contribution >= 0.6 is 0 Å². The molecule has 1 fully saturated rings. The molecular weight excluding hydrogens is 188 g/mol. The highest BCUT2D eigenvalue weighted by Gasteiger charge is 2.35. The Kier molecular flexibility index (Phi) is 2.78. The topological polar surface area (TPSA) is 56.7 Å². The Balaban J connectivity index is 2.22. The molecule has 0 unspecified atom stereocenters. The Bertz CT molecular complexity index is 323. The number of nitrogens with zero attached hydrogens (tertiary/aromatic N) is 3. The second-order valence-electron chi connectivity index (χ2n) is 4.78. The van der Waals surface area contributed by atoms with E-state index in [9.17, 15) is 0 Å². The fourth-order valence-electron chi connectivity index (χ4n) is 2.37. The van der Waals surface area contributed by atoms with Gasteiger partial charge in [0.15, 0.2) is 5.82 Å². The molecule has 1 aromatic heterocycles. The predicted octanol–water partition coefficient (Wildman–Crippen LogP) is 1.66. The number of aryl methyl sites for hydroxylation is 1. The van der Waals surface area contributed by atoms with Crippen LogP contribution in [0.15, 0.2) is 6.33 Å². The lowest BCUT2D eigenvalue weighted by Gasteiger charge is -2.35. The summed E-state index contributed by atoms with van der Waals surface area (Å²) in [7, 11) is 0. The van der Waals surface area contributed by atoms with Gasteiger partial charge in [-0.1, -0.05) is 6.92 Å². The van der Waals surface area contributed by atoms with Gasteiger partial charge in [0.1, 0.15) is 6.33 Å². The Hall–Kier alpha value is -0.900. The van der Waals surface area contributed by atoms with E-state index >= 15 is 0 Å². The van der Waals surface area contributed by atoms with Gasteiger partial charge in [-0.15, -0.1) is 10.2 Å². The summed E-state index contributed by atoms with van der Waals surface area (Å²) >= 11 is 0. The van der Waals surface area contributed by atoms with Crippen LogP contribution in [-0.2, 0) is 12.1 Å². The average Bonchev–Trinajstić information content (AvgIpc) is 2.71. The van der Waals surface area contributed by atoms with Gasteiger partial charge in [0.2, 0.25) is 0 Å². The van der Waals surface area contributed by atoms with Gasteiger partial charge in [-0.05, 0) is 38.5 Å². The Morgan fingerprint density at radius 1 is 1.53 bits per heavy atom. The Morgan fingerprint density at radius 3 is 2.80 bits per heavy atom. The van der Waals surface area contributed by atoms with E-state index in [0.29, 0.717) is 0 Å². The lowest BCUT2D eigenvalue weighted by molar-refractivity contribution is 0.230. The number of rotatable bonds is 2. The fraction of sp³-hybridized carbons (Fsp3) is 0.818. The quantitative estimate of drug-likeness (QED) is 0.804. The second kappa shape index (κ2) is 3.93. The molecule has 1 aliphatic rings. The maximum Gasteiger partial charge on any atom is 0.152 e. The molecule has 2 rings (SSSR count). The summed E-state index contributed by atoms with van der Waals surface area (Å²) in [4.78, 5) is 0. The number of hydrogen-bond donors (Lipinski definition) is 1. The number of aromatic nitrogens is 3. The maximum absolute atomic E-state index is 6.44. The van der Waals surface area contributed by atoms with Crippen LogP contribution in [0.2, 0.25) is 0 Å². The van der Waals surface area contributed by atoms with E-state index in [2.05, 4.69) is 28.6 Å². The first-order valence-corrected chi connectivity index (χ1v) is 5.83. The van der Waals surface area contributed by atoms with E-state index in [1.807, 2.05) is 0 Å². The maximum atomic E-state index is 6.44. The molecule has 4 nitrogen and oxygen atoms in total.